The molecule has 0 N–H and O–H groups in total. The van der Waals surface area contributed by atoms with Crippen molar-refractivity contribution in [3.8, 4) is 5.75 Å². The second kappa shape index (κ2) is 9.65. The van der Waals surface area contributed by atoms with E-state index in [-0.39, 0.29) is 6.61 Å². The van der Waals surface area contributed by atoms with Crippen LogP contribution < -0.4 is 10.1 Å². The van der Waals surface area contributed by atoms with Gasteiger partial charge in [-0.25, -0.2) is 0 Å². The smallest absolute Gasteiger partial charge is 0.532 e. The van der Waals surface area contributed by atoms with E-state index < -0.39 is 12.7 Å². The molecule has 3 nitrogen and oxygen atoms in total. The van der Waals surface area contributed by atoms with Gasteiger partial charge < -0.3 is 9.31 Å². The van der Waals surface area contributed by atoms with Crippen molar-refractivity contribution in [1.82, 2.24) is 0 Å². The number of nitrogens with zero attached hydrogens (tertiary/aromatic N) is 1. The van der Waals surface area contributed by atoms with E-state index in [0.717, 1.165) is 32.9 Å². The molecule has 0 unspecified atom stereocenters. The standard InChI is InChI=1S/C31H23BClNO2/c33-27-18-16-26(17-19-27)32-35-22-31(24-10-3-1-4-11-24,25-12-5-2-6-13-25)34-21-29-28-14-8-7-9-23(28)15-20-30(29)36-32/h1-21H,22H2. The number of fused-ring (bicyclic) bond motifs is 3. The van der Waals surface area contributed by atoms with E-state index in [1.54, 1.807) is 0 Å². The number of hydrogen-bond donors (Lipinski definition) is 0. The van der Waals surface area contributed by atoms with Gasteiger partial charge in [0.2, 0.25) is 0 Å². The summed E-state index contributed by atoms with van der Waals surface area (Å²) in [5.41, 5.74) is 3.14. The molecule has 36 heavy (non-hydrogen) atoms. The molecule has 6 rings (SSSR count). The first-order valence-corrected chi connectivity index (χ1v) is 12.3. The van der Waals surface area contributed by atoms with Crippen LogP contribution in [-0.4, -0.2) is 19.9 Å². The third kappa shape index (κ3) is 4.19. The minimum atomic E-state index is -0.769. The van der Waals surface area contributed by atoms with Gasteiger partial charge in [-0.05, 0) is 45.6 Å². The third-order valence-electron chi connectivity index (χ3n) is 6.67. The molecule has 1 aliphatic rings. The van der Waals surface area contributed by atoms with E-state index in [4.69, 9.17) is 25.9 Å². The zero-order valence-corrected chi connectivity index (χ0v) is 20.3. The van der Waals surface area contributed by atoms with Gasteiger partial charge in [0.15, 0.2) is 0 Å². The van der Waals surface area contributed by atoms with Crippen LogP contribution in [0.25, 0.3) is 10.8 Å². The lowest BCUT2D eigenvalue weighted by Crippen LogP contribution is -2.43. The highest BCUT2D eigenvalue weighted by atomic mass is 35.5. The highest BCUT2D eigenvalue weighted by Gasteiger charge is 2.38. The Kier molecular flexibility index (Phi) is 6.06. The fourth-order valence-corrected chi connectivity index (χ4v) is 4.89. The summed E-state index contributed by atoms with van der Waals surface area (Å²) in [4.78, 5) is 5.30. The predicted molar refractivity (Wildman–Crippen MR) is 149 cm³/mol. The molecule has 0 spiro atoms. The fourth-order valence-electron chi connectivity index (χ4n) is 4.76. The third-order valence-corrected chi connectivity index (χ3v) is 6.92. The Morgan fingerprint density at radius 3 is 2.03 bits per heavy atom. The van der Waals surface area contributed by atoms with Gasteiger partial charge in [0.25, 0.3) is 0 Å². The lowest BCUT2D eigenvalue weighted by atomic mass is 9.77. The minimum Gasteiger partial charge on any atom is -0.532 e. The number of halogens is 1. The summed E-state index contributed by atoms with van der Waals surface area (Å²) in [6, 6.07) is 40.6. The fraction of sp³-hybridized carbons (Fsp3) is 0.0645. The van der Waals surface area contributed by atoms with E-state index in [9.17, 15) is 0 Å². The molecular formula is C31H23BClNO2. The topological polar surface area (TPSA) is 30.8 Å². The first-order chi connectivity index (χ1) is 17.7. The zero-order chi connectivity index (χ0) is 24.4. The normalized spacial score (nSPS) is 14.9. The molecule has 5 aromatic rings. The Morgan fingerprint density at radius 1 is 0.694 bits per heavy atom. The van der Waals surface area contributed by atoms with Crippen LogP contribution in [0.2, 0.25) is 5.02 Å². The van der Waals surface area contributed by atoms with Crippen molar-refractivity contribution in [3.63, 3.8) is 0 Å². The van der Waals surface area contributed by atoms with E-state index in [1.807, 2.05) is 85.1 Å². The lowest BCUT2D eigenvalue weighted by molar-refractivity contribution is 0.221. The summed E-state index contributed by atoms with van der Waals surface area (Å²) < 4.78 is 13.2. The average Bonchev–Trinajstić information content (AvgIpc) is 3.03. The summed E-state index contributed by atoms with van der Waals surface area (Å²) in [5.74, 6) is 0.717. The summed E-state index contributed by atoms with van der Waals surface area (Å²) in [7, 11) is -0.643. The molecule has 0 aliphatic carbocycles. The lowest BCUT2D eigenvalue weighted by Gasteiger charge is -2.31. The Morgan fingerprint density at radius 2 is 1.33 bits per heavy atom. The average molecular weight is 488 g/mol. The van der Waals surface area contributed by atoms with Crippen molar-refractivity contribution < 1.29 is 9.31 Å². The molecule has 5 aromatic carbocycles. The van der Waals surface area contributed by atoms with Gasteiger partial charge >= 0.3 is 7.12 Å². The first-order valence-electron chi connectivity index (χ1n) is 11.9. The maximum atomic E-state index is 6.60. The van der Waals surface area contributed by atoms with Gasteiger partial charge in [0.05, 0.1) is 6.61 Å². The second-order valence-electron chi connectivity index (χ2n) is 8.86. The van der Waals surface area contributed by atoms with Crippen LogP contribution in [0, 0.1) is 0 Å². The van der Waals surface area contributed by atoms with E-state index >= 15 is 0 Å². The van der Waals surface area contributed by atoms with Gasteiger partial charge in [-0.2, -0.15) is 0 Å². The molecule has 0 atom stereocenters. The van der Waals surface area contributed by atoms with Gasteiger partial charge in [0.1, 0.15) is 11.3 Å². The van der Waals surface area contributed by atoms with Crippen molar-refractivity contribution >= 4 is 41.2 Å². The van der Waals surface area contributed by atoms with Crippen molar-refractivity contribution in [2.24, 2.45) is 4.99 Å². The van der Waals surface area contributed by atoms with Crippen LogP contribution >= 0.6 is 11.6 Å². The Labute approximate surface area is 216 Å². The molecule has 0 bridgehead atoms. The van der Waals surface area contributed by atoms with Crippen LogP contribution in [0.3, 0.4) is 0 Å². The Bertz CT molecular complexity index is 1480. The van der Waals surface area contributed by atoms with Crippen LogP contribution in [0.5, 0.6) is 5.75 Å². The second-order valence-corrected chi connectivity index (χ2v) is 9.30. The van der Waals surface area contributed by atoms with Crippen LogP contribution in [0.4, 0.5) is 0 Å². The summed E-state index contributed by atoms with van der Waals surface area (Å²) in [5, 5.41) is 2.87. The number of benzene rings is 5. The number of hydrogen-bond acceptors (Lipinski definition) is 3. The van der Waals surface area contributed by atoms with Crippen LogP contribution in [0.15, 0.2) is 126 Å². The molecular weight excluding hydrogens is 465 g/mol. The maximum absolute atomic E-state index is 6.60. The minimum absolute atomic E-state index is 0.288. The summed E-state index contributed by atoms with van der Waals surface area (Å²) >= 11 is 6.19. The van der Waals surface area contributed by atoms with Gasteiger partial charge in [0, 0.05) is 16.8 Å². The van der Waals surface area contributed by atoms with Gasteiger partial charge in [-0.1, -0.05) is 115 Å². The van der Waals surface area contributed by atoms with Crippen molar-refractivity contribution in [2.75, 3.05) is 6.61 Å². The molecule has 0 amide bonds. The Hall–Kier alpha value is -3.86. The van der Waals surface area contributed by atoms with E-state index in [0.29, 0.717) is 10.8 Å². The molecule has 0 saturated carbocycles. The van der Waals surface area contributed by atoms with Gasteiger partial charge in [-0.15, -0.1) is 0 Å². The maximum Gasteiger partial charge on any atom is 0.562 e. The number of rotatable bonds is 3. The molecule has 174 valence electrons. The van der Waals surface area contributed by atoms with Crippen molar-refractivity contribution in [3.05, 3.63) is 143 Å². The monoisotopic (exact) mass is 487 g/mol. The van der Waals surface area contributed by atoms with Gasteiger partial charge in [-0.3, -0.25) is 4.99 Å². The van der Waals surface area contributed by atoms with Crippen LogP contribution in [0.1, 0.15) is 16.7 Å². The van der Waals surface area contributed by atoms with E-state index in [2.05, 4.69) is 42.5 Å². The highest BCUT2D eigenvalue weighted by Crippen LogP contribution is 2.37. The SMILES string of the molecule is Clc1ccc(B2OCC(c3ccccc3)(c3ccccc3)N=Cc3c(ccc4ccccc34)O2)cc1. The number of aliphatic imine (C=N–C) groups is 1. The van der Waals surface area contributed by atoms with E-state index in [1.165, 1.54) is 0 Å². The molecule has 0 saturated heterocycles. The predicted octanol–water partition coefficient (Wildman–Crippen LogP) is 6.66. The van der Waals surface area contributed by atoms with Crippen molar-refractivity contribution in [1.29, 1.82) is 0 Å². The molecule has 0 aromatic heterocycles. The summed E-state index contributed by atoms with van der Waals surface area (Å²) in [6.07, 6.45) is 1.95. The largest absolute Gasteiger partial charge is 0.562 e. The quantitative estimate of drug-likeness (QED) is 0.266. The first kappa shape index (κ1) is 22.6. The van der Waals surface area contributed by atoms with Crippen molar-refractivity contribution in [2.45, 2.75) is 5.54 Å². The molecule has 0 radical (unpaired) electrons. The molecule has 0 fully saturated rings. The Balaban J connectivity index is 1.60. The molecule has 1 heterocycles. The highest BCUT2D eigenvalue weighted by molar-refractivity contribution is 6.62. The zero-order valence-electron chi connectivity index (χ0n) is 19.6. The molecule has 1 aliphatic heterocycles. The van der Waals surface area contributed by atoms with Crippen LogP contribution in [-0.2, 0) is 10.2 Å². The molecule has 5 heteroatoms. The summed E-state index contributed by atoms with van der Waals surface area (Å²) in [6.45, 7) is 0.288.